The molecule has 0 aliphatic rings. The van der Waals surface area contributed by atoms with Crippen LogP contribution in [-0.4, -0.2) is 19.5 Å². The van der Waals surface area contributed by atoms with Gasteiger partial charge in [0.15, 0.2) is 0 Å². The maximum Gasteiger partial charge on any atom is 0.336 e. The number of benzene rings is 1. The fraction of sp³-hybridized carbons (Fsp3) is 0.222. The molecule has 1 aromatic rings. The fourth-order valence-corrected chi connectivity index (χ4v) is 1.95. The van der Waals surface area contributed by atoms with Crippen LogP contribution in [0.25, 0.3) is 0 Å². The molecule has 0 unspecified atom stereocenters. The molecule has 0 saturated heterocycles. The average molecular weight is 244 g/mol. The van der Waals surface area contributed by atoms with Crippen molar-refractivity contribution in [2.45, 2.75) is 18.2 Å². The quantitative estimate of drug-likeness (QED) is 0.514. The first kappa shape index (κ1) is 12.6. The third-order valence-electron chi connectivity index (χ3n) is 2.16. The van der Waals surface area contributed by atoms with Crippen LogP contribution in [0.3, 0.4) is 0 Å². The maximum absolute atomic E-state index is 11.3. The van der Waals surface area contributed by atoms with E-state index in [4.69, 9.17) is 10.9 Å². The van der Waals surface area contributed by atoms with Crippen LogP contribution >= 0.6 is 0 Å². The molecule has 0 aliphatic carbocycles. The largest absolute Gasteiger partial charge is 0.478 e. The van der Waals surface area contributed by atoms with Crippen LogP contribution < -0.4 is 10.7 Å². The zero-order chi connectivity index (χ0) is 12.3. The molecule has 16 heavy (non-hydrogen) atoms. The standard InChI is InChI=1S/C9H12N2O4S/c1-2-6-3-4-7(16(14,15)11-10)5-8(6)9(12)13/h3-5,11H,2,10H2,1H3,(H,12,13). The fourth-order valence-electron chi connectivity index (χ4n) is 1.30. The van der Waals surface area contributed by atoms with Crippen LogP contribution in [0.4, 0.5) is 0 Å². The molecule has 0 spiro atoms. The predicted octanol–water partition coefficient (Wildman–Crippen LogP) is 0.0992. The molecule has 88 valence electrons. The number of hydrazine groups is 1. The topological polar surface area (TPSA) is 109 Å². The van der Waals surface area contributed by atoms with Crippen LogP contribution in [0.15, 0.2) is 23.1 Å². The summed E-state index contributed by atoms with van der Waals surface area (Å²) in [5.41, 5.74) is 0.544. The minimum absolute atomic E-state index is 0.0289. The molecule has 0 radical (unpaired) electrons. The number of hydrogen-bond donors (Lipinski definition) is 3. The highest BCUT2D eigenvalue weighted by atomic mass is 32.2. The van der Waals surface area contributed by atoms with Gasteiger partial charge < -0.3 is 5.11 Å². The number of aryl methyl sites for hydroxylation is 1. The van der Waals surface area contributed by atoms with E-state index in [0.717, 1.165) is 6.07 Å². The van der Waals surface area contributed by atoms with Gasteiger partial charge >= 0.3 is 5.97 Å². The lowest BCUT2D eigenvalue weighted by Gasteiger charge is -2.07. The number of carboxylic acid groups (broad SMARTS) is 1. The summed E-state index contributed by atoms with van der Waals surface area (Å²) in [6.07, 6.45) is 0.512. The second-order valence-electron chi connectivity index (χ2n) is 3.10. The van der Waals surface area contributed by atoms with Gasteiger partial charge in [-0.3, -0.25) is 5.84 Å². The van der Waals surface area contributed by atoms with Gasteiger partial charge in [0.05, 0.1) is 10.5 Å². The summed E-state index contributed by atoms with van der Waals surface area (Å²) in [6.45, 7) is 1.79. The van der Waals surface area contributed by atoms with Crippen LogP contribution in [0.2, 0.25) is 0 Å². The molecule has 0 bridgehead atoms. The van der Waals surface area contributed by atoms with Crippen molar-refractivity contribution in [1.29, 1.82) is 0 Å². The van der Waals surface area contributed by atoms with Crippen LogP contribution in [-0.2, 0) is 16.4 Å². The molecule has 1 aromatic carbocycles. The number of hydrogen-bond acceptors (Lipinski definition) is 4. The third-order valence-corrected chi connectivity index (χ3v) is 3.34. The Hall–Kier alpha value is -1.44. The first-order valence-electron chi connectivity index (χ1n) is 4.51. The van der Waals surface area contributed by atoms with E-state index >= 15 is 0 Å². The first-order chi connectivity index (χ1) is 7.42. The number of carboxylic acids is 1. The Morgan fingerprint density at radius 1 is 1.50 bits per heavy atom. The van der Waals surface area contributed by atoms with Gasteiger partial charge in [0.25, 0.3) is 10.0 Å². The van der Waals surface area contributed by atoms with Gasteiger partial charge in [0, 0.05) is 0 Å². The van der Waals surface area contributed by atoms with Crippen LogP contribution in [0, 0.1) is 0 Å². The van der Waals surface area contributed by atoms with E-state index in [9.17, 15) is 13.2 Å². The lowest BCUT2D eigenvalue weighted by molar-refractivity contribution is 0.0695. The highest BCUT2D eigenvalue weighted by molar-refractivity contribution is 7.89. The molecule has 7 heteroatoms. The molecule has 0 fully saturated rings. The lowest BCUT2D eigenvalue weighted by atomic mass is 10.1. The zero-order valence-corrected chi connectivity index (χ0v) is 9.41. The summed E-state index contributed by atoms with van der Waals surface area (Å²) in [4.78, 5) is 12.4. The minimum Gasteiger partial charge on any atom is -0.478 e. The summed E-state index contributed by atoms with van der Waals surface area (Å²) in [5, 5.41) is 8.91. The number of sulfonamides is 1. The Morgan fingerprint density at radius 3 is 2.56 bits per heavy atom. The smallest absolute Gasteiger partial charge is 0.336 e. The van der Waals surface area contributed by atoms with Gasteiger partial charge in [-0.25, -0.2) is 13.2 Å². The van der Waals surface area contributed by atoms with Crippen molar-refractivity contribution in [3.63, 3.8) is 0 Å². The van der Waals surface area contributed by atoms with E-state index in [1.54, 1.807) is 11.8 Å². The molecule has 0 heterocycles. The second kappa shape index (κ2) is 4.60. The van der Waals surface area contributed by atoms with E-state index < -0.39 is 16.0 Å². The first-order valence-corrected chi connectivity index (χ1v) is 5.99. The molecule has 0 aliphatic heterocycles. The van der Waals surface area contributed by atoms with Crippen LogP contribution in [0.1, 0.15) is 22.8 Å². The highest BCUT2D eigenvalue weighted by Gasteiger charge is 2.16. The van der Waals surface area contributed by atoms with Crippen molar-refractivity contribution in [3.05, 3.63) is 29.3 Å². The van der Waals surface area contributed by atoms with Crippen molar-refractivity contribution < 1.29 is 18.3 Å². The number of nitrogens with one attached hydrogen (secondary N) is 1. The van der Waals surface area contributed by atoms with E-state index in [2.05, 4.69) is 0 Å². The molecular formula is C9H12N2O4S. The second-order valence-corrected chi connectivity index (χ2v) is 4.81. The minimum atomic E-state index is -3.81. The molecular weight excluding hydrogens is 232 g/mol. The van der Waals surface area contributed by atoms with Gasteiger partial charge in [-0.05, 0) is 24.1 Å². The van der Waals surface area contributed by atoms with E-state index in [1.807, 2.05) is 0 Å². The maximum atomic E-state index is 11.3. The number of aromatic carboxylic acids is 1. The van der Waals surface area contributed by atoms with Gasteiger partial charge in [-0.2, -0.15) is 4.83 Å². The lowest BCUT2D eigenvalue weighted by Crippen LogP contribution is -2.30. The summed E-state index contributed by atoms with van der Waals surface area (Å²) >= 11 is 0. The molecule has 0 amide bonds. The number of rotatable bonds is 4. The Bertz CT molecular complexity index is 510. The van der Waals surface area contributed by atoms with Crippen LogP contribution in [0.5, 0.6) is 0 Å². The Labute approximate surface area is 93.1 Å². The summed E-state index contributed by atoms with van der Waals surface area (Å²) in [7, 11) is -3.81. The van der Waals surface area contributed by atoms with Crippen molar-refractivity contribution >= 4 is 16.0 Å². The van der Waals surface area contributed by atoms with Gasteiger partial charge in [0.1, 0.15) is 0 Å². The Morgan fingerprint density at radius 2 is 2.12 bits per heavy atom. The molecule has 6 nitrogen and oxygen atoms in total. The predicted molar refractivity (Wildman–Crippen MR) is 57.3 cm³/mol. The molecule has 1 rings (SSSR count). The monoisotopic (exact) mass is 244 g/mol. The van der Waals surface area contributed by atoms with E-state index in [1.165, 1.54) is 12.1 Å². The molecule has 4 N–H and O–H groups in total. The third kappa shape index (κ3) is 2.38. The molecule has 0 aromatic heterocycles. The van der Waals surface area contributed by atoms with E-state index in [0.29, 0.717) is 12.0 Å². The normalized spacial score (nSPS) is 11.4. The highest BCUT2D eigenvalue weighted by Crippen LogP contribution is 2.16. The van der Waals surface area contributed by atoms with E-state index in [-0.39, 0.29) is 10.5 Å². The van der Waals surface area contributed by atoms with Crippen molar-refractivity contribution in [3.8, 4) is 0 Å². The summed E-state index contributed by atoms with van der Waals surface area (Å²) in [5.74, 6) is 3.69. The summed E-state index contributed by atoms with van der Waals surface area (Å²) < 4.78 is 22.7. The van der Waals surface area contributed by atoms with Crippen molar-refractivity contribution in [2.24, 2.45) is 5.84 Å². The number of carbonyl (C=O) groups is 1. The van der Waals surface area contributed by atoms with Crippen molar-refractivity contribution in [1.82, 2.24) is 4.83 Å². The Balaban J connectivity index is 3.39. The van der Waals surface area contributed by atoms with Gasteiger partial charge in [0.2, 0.25) is 0 Å². The molecule has 0 saturated carbocycles. The average Bonchev–Trinajstić information content (AvgIpc) is 2.28. The van der Waals surface area contributed by atoms with Gasteiger partial charge in [-0.1, -0.05) is 13.0 Å². The number of nitrogens with two attached hydrogens (primary N) is 1. The SMILES string of the molecule is CCc1ccc(S(=O)(=O)NN)cc1C(=O)O. The van der Waals surface area contributed by atoms with Gasteiger partial charge in [-0.15, -0.1) is 0 Å². The van der Waals surface area contributed by atoms with Crippen molar-refractivity contribution in [2.75, 3.05) is 0 Å². The molecule has 0 atom stereocenters. The summed E-state index contributed by atoms with van der Waals surface area (Å²) in [6, 6.07) is 3.88. The zero-order valence-electron chi connectivity index (χ0n) is 8.60. The Kier molecular flexibility index (Phi) is 3.63.